The Bertz CT molecular complexity index is 1150. The van der Waals surface area contributed by atoms with Crippen molar-refractivity contribution in [2.45, 2.75) is 23.8 Å². The first-order valence-corrected chi connectivity index (χ1v) is 10.5. The van der Waals surface area contributed by atoms with Gasteiger partial charge in [-0.05, 0) is 49.2 Å². The number of hydrogen-bond donors (Lipinski definition) is 0. The van der Waals surface area contributed by atoms with Gasteiger partial charge in [0.15, 0.2) is 0 Å². The Morgan fingerprint density at radius 3 is 2.39 bits per heavy atom. The van der Waals surface area contributed by atoms with Gasteiger partial charge in [-0.2, -0.15) is 4.31 Å². The largest absolute Gasteiger partial charge is 0.497 e. The average molecular weight is 399 g/mol. The molecule has 0 radical (unpaired) electrons. The molecule has 0 bridgehead atoms. The molecule has 146 valence electrons. The molecule has 0 unspecified atom stereocenters. The van der Waals surface area contributed by atoms with Crippen molar-refractivity contribution in [3.63, 3.8) is 0 Å². The molecule has 0 N–H and O–H groups in total. The Hall–Kier alpha value is -2.71. The summed E-state index contributed by atoms with van der Waals surface area (Å²) < 4.78 is 34.0. The van der Waals surface area contributed by atoms with Crippen molar-refractivity contribution in [3.05, 3.63) is 65.2 Å². The minimum Gasteiger partial charge on any atom is -0.497 e. The molecule has 1 aliphatic rings. The van der Waals surface area contributed by atoms with Crippen LogP contribution in [0.1, 0.15) is 18.9 Å². The molecule has 1 aliphatic heterocycles. The van der Waals surface area contributed by atoms with Crippen molar-refractivity contribution < 1.29 is 13.2 Å². The van der Waals surface area contributed by atoms with Gasteiger partial charge in [0.05, 0.1) is 29.2 Å². The lowest BCUT2D eigenvalue weighted by atomic mass is 10.1. The monoisotopic (exact) mass is 399 g/mol. The fourth-order valence-electron chi connectivity index (χ4n) is 3.60. The van der Waals surface area contributed by atoms with E-state index < -0.39 is 10.0 Å². The van der Waals surface area contributed by atoms with Crippen LogP contribution in [0.5, 0.6) is 5.75 Å². The fourth-order valence-corrected chi connectivity index (χ4v) is 5.07. The van der Waals surface area contributed by atoms with E-state index in [-0.39, 0.29) is 16.5 Å². The van der Waals surface area contributed by atoms with E-state index in [1.54, 1.807) is 41.2 Å². The fraction of sp³-hybridized carbons (Fsp3) is 0.300. The van der Waals surface area contributed by atoms with Crippen LogP contribution in [0.3, 0.4) is 0 Å². The molecule has 0 amide bonds. The number of sulfonamides is 1. The molecule has 0 spiro atoms. The second-order valence-electron chi connectivity index (χ2n) is 6.78. The van der Waals surface area contributed by atoms with Gasteiger partial charge < -0.3 is 4.74 Å². The van der Waals surface area contributed by atoms with Crippen molar-refractivity contribution in [2.24, 2.45) is 0 Å². The van der Waals surface area contributed by atoms with E-state index in [2.05, 4.69) is 4.98 Å². The molecule has 2 heterocycles. The van der Waals surface area contributed by atoms with Crippen LogP contribution in [0.4, 0.5) is 0 Å². The van der Waals surface area contributed by atoms with Gasteiger partial charge in [0.1, 0.15) is 5.75 Å². The van der Waals surface area contributed by atoms with Gasteiger partial charge in [0, 0.05) is 19.1 Å². The number of rotatable bonds is 4. The van der Waals surface area contributed by atoms with Gasteiger partial charge >= 0.3 is 0 Å². The SMILES string of the molecule is COc1ccc(S(=O)(=O)N2CCC(n3cnc4ccccc4c3=O)CC2)cc1. The smallest absolute Gasteiger partial charge is 0.261 e. The van der Waals surface area contributed by atoms with Crippen LogP contribution < -0.4 is 10.3 Å². The summed E-state index contributed by atoms with van der Waals surface area (Å²) in [6, 6.07) is 13.6. The van der Waals surface area contributed by atoms with Gasteiger partial charge in [-0.3, -0.25) is 9.36 Å². The third-order valence-corrected chi connectivity index (χ3v) is 7.12. The van der Waals surface area contributed by atoms with Crippen LogP contribution in [0.15, 0.2) is 64.5 Å². The van der Waals surface area contributed by atoms with E-state index in [1.165, 1.54) is 11.4 Å². The Labute approximate surface area is 163 Å². The first kappa shape index (κ1) is 18.6. The third-order valence-electron chi connectivity index (χ3n) is 5.20. The second kappa shape index (κ2) is 7.37. The van der Waals surface area contributed by atoms with Crippen molar-refractivity contribution in [1.82, 2.24) is 13.9 Å². The van der Waals surface area contributed by atoms with E-state index >= 15 is 0 Å². The first-order chi connectivity index (χ1) is 13.5. The Morgan fingerprint density at radius 1 is 1.04 bits per heavy atom. The van der Waals surface area contributed by atoms with E-state index in [0.717, 1.165) is 0 Å². The number of aromatic nitrogens is 2. The Kier molecular flexibility index (Phi) is 4.91. The number of para-hydroxylation sites is 1. The molecular weight excluding hydrogens is 378 g/mol. The maximum absolute atomic E-state index is 12.9. The lowest BCUT2D eigenvalue weighted by Crippen LogP contribution is -2.40. The van der Waals surface area contributed by atoms with Gasteiger partial charge in [-0.25, -0.2) is 13.4 Å². The van der Waals surface area contributed by atoms with Gasteiger partial charge in [-0.15, -0.1) is 0 Å². The molecule has 2 aromatic carbocycles. The van der Waals surface area contributed by atoms with Crippen LogP contribution >= 0.6 is 0 Å². The Morgan fingerprint density at radius 2 is 1.71 bits per heavy atom. The quantitative estimate of drug-likeness (QED) is 0.673. The highest BCUT2D eigenvalue weighted by atomic mass is 32.2. The van der Waals surface area contributed by atoms with Crippen LogP contribution in [0, 0.1) is 0 Å². The molecule has 8 heteroatoms. The lowest BCUT2D eigenvalue weighted by Gasteiger charge is -2.32. The normalized spacial score (nSPS) is 16.3. The predicted octanol–water partition coefficient (Wildman–Crippen LogP) is 2.43. The zero-order valence-corrected chi connectivity index (χ0v) is 16.3. The molecule has 1 saturated heterocycles. The molecule has 3 aromatic rings. The van der Waals surface area contributed by atoms with Gasteiger partial charge in [0.2, 0.25) is 10.0 Å². The highest BCUT2D eigenvalue weighted by Gasteiger charge is 2.30. The van der Waals surface area contributed by atoms with Crippen molar-refractivity contribution in [1.29, 1.82) is 0 Å². The molecule has 7 nitrogen and oxygen atoms in total. The summed E-state index contributed by atoms with van der Waals surface area (Å²) in [7, 11) is -2.02. The lowest BCUT2D eigenvalue weighted by molar-refractivity contribution is 0.269. The standard InChI is InChI=1S/C20H21N3O4S/c1-27-16-6-8-17(9-7-16)28(25,26)22-12-10-15(11-13-22)23-14-21-19-5-3-2-4-18(19)20(23)24/h2-9,14-15H,10-13H2,1H3. The minimum absolute atomic E-state index is 0.0630. The van der Waals surface area contributed by atoms with Gasteiger partial charge in [0.25, 0.3) is 5.56 Å². The minimum atomic E-state index is -3.56. The number of ether oxygens (including phenoxy) is 1. The number of hydrogen-bond acceptors (Lipinski definition) is 5. The molecule has 1 aromatic heterocycles. The zero-order valence-electron chi connectivity index (χ0n) is 15.5. The maximum atomic E-state index is 12.9. The summed E-state index contributed by atoms with van der Waals surface area (Å²) in [6.07, 6.45) is 2.70. The Balaban J connectivity index is 1.53. The topological polar surface area (TPSA) is 81.5 Å². The van der Waals surface area contributed by atoms with Crippen molar-refractivity contribution in [2.75, 3.05) is 20.2 Å². The number of benzene rings is 2. The van der Waals surface area contributed by atoms with Crippen LogP contribution in [0.25, 0.3) is 10.9 Å². The summed E-state index contributed by atoms with van der Waals surface area (Å²) >= 11 is 0. The molecule has 0 saturated carbocycles. The highest BCUT2D eigenvalue weighted by Crippen LogP contribution is 2.27. The summed E-state index contributed by atoms with van der Waals surface area (Å²) in [5.41, 5.74) is 0.588. The second-order valence-corrected chi connectivity index (χ2v) is 8.72. The summed E-state index contributed by atoms with van der Waals surface area (Å²) in [5, 5.41) is 0.582. The number of fused-ring (bicyclic) bond motifs is 1. The number of methoxy groups -OCH3 is 1. The summed E-state index contributed by atoms with van der Waals surface area (Å²) in [4.78, 5) is 17.4. The first-order valence-electron chi connectivity index (χ1n) is 9.11. The average Bonchev–Trinajstić information content (AvgIpc) is 2.74. The van der Waals surface area contributed by atoms with Crippen LogP contribution in [-0.4, -0.2) is 42.5 Å². The van der Waals surface area contributed by atoms with E-state index in [1.807, 2.05) is 18.2 Å². The van der Waals surface area contributed by atoms with Crippen LogP contribution in [-0.2, 0) is 10.0 Å². The molecular formula is C20H21N3O4S. The highest BCUT2D eigenvalue weighted by molar-refractivity contribution is 7.89. The van der Waals surface area contributed by atoms with Crippen LogP contribution in [0.2, 0.25) is 0 Å². The van der Waals surface area contributed by atoms with E-state index in [9.17, 15) is 13.2 Å². The van der Waals surface area contributed by atoms with Crippen molar-refractivity contribution >= 4 is 20.9 Å². The van der Waals surface area contributed by atoms with Gasteiger partial charge in [-0.1, -0.05) is 12.1 Å². The van der Waals surface area contributed by atoms with Crippen molar-refractivity contribution in [3.8, 4) is 5.75 Å². The molecule has 28 heavy (non-hydrogen) atoms. The summed E-state index contributed by atoms with van der Waals surface area (Å²) in [5.74, 6) is 0.612. The number of nitrogens with zero attached hydrogens (tertiary/aromatic N) is 3. The predicted molar refractivity (Wildman–Crippen MR) is 106 cm³/mol. The zero-order chi connectivity index (χ0) is 19.7. The number of piperidine rings is 1. The maximum Gasteiger partial charge on any atom is 0.261 e. The molecule has 4 rings (SSSR count). The van der Waals surface area contributed by atoms with E-state index in [4.69, 9.17) is 4.74 Å². The van der Waals surface area contributed by atoms with E-state index in [0.29, 0.717) is 42.6 Å². The molecule has 0 atom stereocenters. The summed E-state index contributed by atoms with van der Waals surface area (Å²) in [6.45, 7) is 0.719. The third kappa shape index (κ3) is 3.29. The molecule has 0 aliphatic carbocycles. The molecule has 1 fully saturated rings.